The first kappa shape index (κ1) is 52.0. The molecule has 0 spiro atoms. The molecule has 2 N–H and O–H groups in total. The highest BCUT2D eigenvalue weighted by Gasteiger charge is 2.28. The number of ether oxygens (including phenoxy) is 4. The van der Waals surface area contributed by atoms with Crippen LogP contribution in [0, 0.1) is 25.7 Å². The van der Waals surface area contributed by atoms with Crippen molar-refractivity contribution in [1.29, 1.82) is 0 Å². The fourth-order valence-corrected chi connectivity index (χ4v) is 10.3. The first-order chi connectivity index (χ1) is 35.9. The third-order valence-electron chi connectivity index (χ3n) is 14.0. The second kappa shape index (κ2) is 24.0. The Morgan fingerprint density at radius 3 is 1.62 bits per heavy atom. The van der Waals surface area contributed by atoms with Crippen LogP contribution < -0.4 is 18.9 Å². The number of halogens is 2. The van der Waals surface area contributed by atoms with E-state index in [1.165, 1.54) is 0 Å². The van der Waals surface area contributed by atoms with Gasteiger partial charge in [0, 0.05) is 110 Å². The highest BCUT2D eigenvalue weighted by Crippen LogP contribution is 2.39. The predicted molar refractivity (Wildman–Crippen MR) is 286 cm³/mol. The molecular weight excluding hydrogens is 980 g/mol. The molecule has 14 nitrogen and oxygen atoms in total. The first-order valence-electron chi connectivity index (χ1n) is 25.0. The van der Waals surface area contributed by atoms with Crippen molar-refractivity contribution in [2.24, 2.45) is 21.8 Å². The quantitative estimate of drug-likeness (QED) is 0.0656. The molecule has 5 heterocycles. The minimum absolute atomic E-state index is 0.239. The zero-order valence-corrected chi connectivity index (χ0v) is 43.4. The molecule has 74 heavy (non-hydrogen) atoms. The van der Waals surface area contributed by atoms with Gasteiger partial charge in [0.25, 0.3) is 0 Å². The molecule has 3 aliphatic rings. The molecule has 3 aliphatic heterocycles. The van der Waals surface area contributed by atoms with Gasteiger partial charge in [0.2, 0.25) is 0 Å². The average molecular weight is 1040 g/mol. The maximum absolute atomic E-state index is 11.9. The Morgan fingerprint density at radius 2 is 1.14 bits per heavy atom. The summed E-state index contributed by atoms with van der Waals surface area (Å²) in [5.74, 6) is -0.273. The zero-order valence-electron chi connectivity index (χ0n) is 41.9. The monoisotopic (exact) mass is 1040 g/mol. The van der Waals surface area contributed by atoms with Crippen LogP contribution >= 0.6 is 23.2 Å². The first-order valence-corrected chi connectivity index (χ1v) is 25.7. The van der Waals surface area contributed by atoms with Crippen molar-refractivity contribution in [1.82, 2.24) is 19.8 Å². The van der Waals surface area contributed by atoms with Crippen LogP contribution in [0.3, 0.4) is 0 Å². The lowest BCUT2D eigenvalue weighted by Crippen LogP contribution is -2.38. The molecule has 0 bridgehead atoms. The minimum atomic E-state index is -0.780. The smallest absolute Gasteiger partial charge is 0.307 e. The number of hydrogen-bond donors (Lipinski definition) is 2. The van der Waals surface area contributed by atoms with Crippen LogP contribution in [-0.4, -0.2) is 93.6 Å². The van der Waals surface area contributed by atoms with Gasteiger partial charge in [-0.1, -0.05) is 59.6 Å². The molecule has 2 saturated heterocycles. The maximum Gasteiger partial charge on any atom is 0.307 e. The van der Waals surface area contributed by atoms with E-state index >= 15 is 0 Å². The van der Waals surface area contributed by atoms with E-state index in [-0.39, 0.29) is 26.4 Å². The standard InChI is InChI=1S/C58H60Cl2N6O8/c1-36-43(34-73-55-20-53(71-32-39-16-38(22-61-3)23-62-24-39)46(18-50(55)59)30-65-14-6-10-41(28-65)57(67)68)8-4-12-48(36)49-13-5-9-44(37(49)2)35-74-56-21-54(72-33-40-17-45(26-63-25-40)52-27-64-52)47(19-51(56)60)31-66-15-7-11-42(29-66)58(69)70/h4-5,8-9,12-13,16-26,41-42H,6-7,10-11,14-15,27-35H2,1-3H3,(H,67,68)(H,69,70)/b61-22+. The van der Waals surface area contributed by atoms with Crippen LogP contribution in [0.4, 0.5) is 0 Å². The number of aliphatic carboxylic acids is 2. The molecule has 0 amide bonds. The van der Waals surface area contributed by atoms with E-state index < -0.39 is 23.8 Å². The van der Waals surface area contributed by atoms with Crippen LogP contribution in [0.25, 0.3) is 11.1 Å². The molecule has 2 unspecified atom stereocenters. The van der Waals surface area contributed by atoms with Crippen LogP contribution in [0.15, 0.2) is 108 Å². The summed E-state index contributed by atoms with van der Waals surface area (Å²) in [5, 5.41) is 20.4. The number of likely N-dealkylation sites (tertiary alicyclic amines) is 2. The normalized spacial score (nSPS) is 17.0. The van der Waals surface area contributed by atoms with E-state index in [4.69, 9.17) is 42.1 Å². The van der Waals surface area contributed by atoms with Gasteiger partial charge in [-0.25, -0.2) is 0 Å². The summed E-state index contributed by atoms with van der Waals surface area (Å²) in [7, 11) is 1.71. The van der Waals surface area contributed by atoms with Gasteiger partial charge in [0.15, 0.2) is 0 Å². The van der Waals surface area contributed by atoms with Gasteiger partial charge in [-0.2, -0.15) is 0 Å². The van der Waals surface area contributed by atoms with Crippen LogP contribution in [0.2, 0.25) is 10.0 Å². The number of piperidine rings is 2. The Morgan fingerprint density at radius 1 is 0.649 bits per heavy atom. The number of hydrogen-bond acceptors (Lipinski definition) is 12. The largest absolute Gasteiger partial charge is 0.488 e. The van der Waals surface area contributed by atoms with Crippen molar-refractivity contribution < 1.29 is 38.7 Å². The molecule has 2 fully saturated rings. The van der Waals surface area contributed by atoms with Crippen molar-refractivity contribution in [2.75, 3.05) is 39.8 Å². The molecule has 2 aromatic heterocycles. The minimum Gasteiger partial charge on any atom is -0.488 e. The summed E-state index contributed by atoms with van der Waals surface area (Å²) in [4.78, 5) is 45.3. The molecule has 16 heteroatoms. The van der Waals surface area contributed by atoms with E-state index in [2.05, 4.69) is 55.7 Å². The molecule has 384 valence electrons. The van der Waals surface area contributed by atoms with Crippen molar-refractivity contribution >= 4 is 47.1 Å². The second-order valence-corrected chi connectivity index (χ2v) is 20.1. The SMILES string of the molecule is C/N=C/c1cncc(COc2cc(OCc3cccc(-c4cccc(COc5cc(OCc6cncc(C7=NC7)c6)c(CN6CCCC(C(=O)O)C6)cc5Cl)c4C)c3C)c(Cl)cc2CN2CCCC(C(=O)O)C2)c1. The number of rotatable bonds is 21. The van der Waals surface area contributed by atoms with Crippen LogP contribution in [0.1, 0.15) is 81.3 Å². The van der Waals surface area contributed by atoms with Gasteiger partial charge in [-0.15, -0.1) is 0 Å². The lowest BCUT2D eigenvalue weighted by Gasteiger charge is -2.31. The lowest BCUT2D eigenvalue weighted by atomic mass is 9.92. The molecule has 2 atom stereocenters. The van der Waals surface area contributed by atoms with Gasteiger partial charge in [0.05, 0.1) is 34.1 Å². The number of benzene rings is 4. The maximum atomic E-state index is 11.9. The lowest BCUT2D eigenvalue weighted by molar-refractivity contribution is -0.144. The average Bonchev–Trinajstić information content (AvgIpc) is 4.25. The Bertz CT molecular complexity index is 3090. The molecule has 0 radical (unpaired) electrons. The molecule has 9 rings (SSSR count). The summed E-state index contributed by atoms with van der Waals surface area (Å²) >= 11 is 14.0. The topological polar surface area (TPSA) is 168 Å². The highest BCUT2D eigenvalue weighted by atomic mass is 35.5. The number of nitrogens with zero attached hydrogens (tertiary/aromatic N) is 6. The van der Waals surface area contributed by atoms with E-state index in [1.54, 1.807) is 31.9 Å². The van der Waals surface area contributed by atoms with Crippen molar-refractivity contribution in [3.8, 4) is 34.1 Å². The number of aromatic nitrogens is 2. The second-order valence-electron chi connectivity index (χ2n) is 19.3. The fourth-order valence-electron chi connectivity index (χ4n) is 9.82. The van der Waals surface area contributed by atoms with Gasteiger partial charge >= 0.3 is 11.9 Å². The van der Waals surface area contributed by atoms with E-state index in [9.17, 15) is 19.8 Å². The summed E-state index contributed by atoms with van der Waals surface area (Å²) in [6.45, 7) is 9.29. The van der Waals surface area contributed by atoms with Gasteiger partial charge < -0.3 is 29.2 Å². The molecule has 0 aliphatic carbocycles. The van der Waals surface area contributed by atoms with Crippen molar-refractivity contribution in [3.63, 3.8) is 0 Å². The Balaban J connectivity index is 0.915. The van der Waals surface area contributed by atoms with E-state index in [1.807, 2.05) is 66.9 Å². The van der Waals surface area contributed by atoms with Crippen LogP contribution in [0.5, 0.6) is 23.0 Å². The number of carboxylic acids is 2. The molecular formula is C58H60Cl2N6O8. The number of aliphatic imine (C=N–C) groups is 2. The van der Waals surface area contributed by atoms with Crippen LogP contribution in [-0.2, 0) is 49.1 Å². The highest BCUT2D eigenvalue weighted by molar-refractivity contribution is 6.32. The summed E-state index contributed by atoms with van der Waals surface area (Å²) < 4.78 is 26.0. The predicted octanol–water partition coefficient (Wildman–Crippen LogP) is 10.8. The third-order valence-corrected chi connectivity index (χ3v) is 14.6. The number of pyridine rings is 2. The van der Waals surface area contributed by atoms with Gasteiger partial charge in [0.1, 0.15) is 49.4 Å². The van der Waals surface area contributed by atoms with Crippen molar-refractivity contribution in [3.05, 3.63) is 163 Å². The summed E-state index contributed by atoms with van der Waals surface area (Å²) in [5.41, 5.74) is 12.5. The zero-order chi connectivity index (χ0) is 51.7. The third kappa shape index (κ3) is 13.1. The summed E-state index contributed by atoms with van der Waals surface area (Å²) in [6.07, 6.45) is 11.7. The molecule has 4 aromatic carbocycles. The fraction of sp³-hybridized carbons (Fsp3) is 0.345. The van der Waals surface area contributed by atoms with Crippen molar-refractivity contribution in [2.45, 2.75) is 79.0 Å². The van der Waals surface area contributed by atoms with Gasteiger partial charge in [-0.3, -0.25) is 39.3 Å². The Labute approximate surface area is 441 Å². The van der Waals surface area contributed by atoms with E-state index in [0.717, 1.165) is 105 Å². The number of carboxylic acid groups (broad SMARTS) is 2. The van der Waals surface area contributed by atoms with Gasteiger partial charge in [-0.05, 0) is 110 Å². The number of carbonyl (C=O) groups is 2. The Hall–Kier alpha value is -6.84. The van der Waals surface area contributed by atoms with E-state index in [0.29, 0.717) is 72.1 Å². The summed E-state index contributed by atoms with van der Waals surface area (Å²) in [6, 6.07) is 23.8. The molecule has 6 aromatic rings. The molecule has 0 saturated carbocycles. The Kier molecular flexibility index (Phi) is 16.9.